The Kier molecular flexibility index (Phi) is 6.37. The van der Waals surface area contributed by atoms with Crippen LogP contribution < -0.4 is 5.32 Å². The molecule has 3 heterocycles. The van der Waals surface area contributed by atoms with Crippen LogP contribution in [-0.4, -0.2) is 46.4 Å². The van der Waals surface area contributed by atoms with Crippen molar-refractivity contribution in [1.82, 2.24) is 15.2 Å². The number of thioether (sulfide) groups is 2. The number of benzene rings is 1. The number of rotatable bonds is 5. The summed E-state index contributed by atoms with van der Waals surface area (Å²) in [6.07, 6.45) is 3.83. The molecule has 0 radical (unpaired) electrons. The molecule has 0 aliphatic carbocycles. The molecule has 2 fully saturated rings. The number of pyridine rings is 1. The van der Waals surface area contributed by atoms with E-state index >= 15 is 0 Å². The zero-order chi connectivity index (χ0) is 18.5. The van der Waals surface area contributed by atoms with E-state index in [9.17, 15) is 4.79 Å². The fraction of sp³-hybridized carbons (Fsp3) is 0.429. The minimum absolute atomic E-state index is 0.0523. The largest absolute Gasteiger partial charge is 0.349 e. The van der Waals surface area contributed by atoms with E-state index in [1.54, 1.807) is 0 Å². The number of carbonyl (C=O) groups is 1. The maximum atomic E-state index is 12.6. The van der Waals surface area contributed by atoms with Crippen LogP contribution in [0.2, 0.25) is 0 Å². The third-order valence-electron chi connectivity index (χ3n) is 5.10. The second kappa shape index (κ2) is 9.13. The summed E-state index contributed by atoms with van der Waals surface area (Å²) in [4.78, 5) is 19.4. The van der Waals surface area contributed by atoms with Crippen LogP contribution in [0.1, 0.15) is 39.0 Å². The lowest BCUT2D eigenvalue weighted by molar-refractivity contribution is 0.0908. The highest BCUT2D eigenvalue weighted by molar-refractivity contribution is 8.19. The Hall–Kier alpha value is -1.50. The number of amides is 1. The van der Waals surface area contributed by atoms with Gasteiger partial charge < -0.3 is 5.32 Å². The molecule has 0 saturated carbocycles. The smallest absolute Gasteiger partial charge is 0.251 e. The number of nitrogens with zero attached hydrogens (tertiary/aromatic N) is 2. The molecule has 6 heteroatoms. The summed E-state index contributed by atoms with van der Waals surface area (Å²) in [6.45, 7) is 2.88. The van der Waals surface area contributed by atoms with Crippen molar-refractivity contribution in [3.8, 4) is 0 Å². The molecular weight excluding hydrogens is 374 g/mol. The van der Waals surface area contributed by atoms with Gasteiger partial charge in [-0.1, -0.05) is 18.2 Å². The first kappa shape index (κ1) is 18.8. The summed E-state index contributed by atoms with van der Waals surface area (Å²) >= 11 is 3.98. The topological polar surface area (TPSA) is 45.2 Å². The lowest BCUT2D eigenvalue weighted by Gasteiger charge is -2.32. The summed E-state index contributed by atoms with van der Waals surface area (Å²) in [6, 6.07) is 14.5. The van der Waals surface area contributed by atoms with Gasteiger partial charge in [0, 0.05) is 48.9 Å². The molecular formula is C21H25N3OS2. The van der Waals surface area contributed by atoms with Gasteiger partial charge in [-0.15, -0.1) is 23.5 Å². The summed E-state index contributed by atoms with van der Waals surface area (Å²) in [7, 11) is 0. The summed E-state index contributed by atoms with van der Waals surface area (Å²) in [5, 5.41) is 3.22. The third-order valence-corrected chi connectivity index (χ3v) is 8.21. The van der Waals surface area contributed by atoms with E-state index < -0.39 is 0 Å². The van der Waals surface area contributed by atoms with E-state index in [1.807, 2.05) is 54.0 Å². The Labute approximate surface area is 169 Å². The molecule has 2 saturated heterocycles. The van der Waals surface area contributed by atoms with Crippen molar-refractivity contribution in [3.05, 3.63) is 65.5 Å². The number of piperidine rings is 1. The number of nitrogens with one attached hydrogen (secondary N) is 1. The Morgan fingerprint density at radius 2 is 1.81 bits per heavy atom. The van der Waals surface area contributed by atoms with Crippen molar-refractivity contribution >= 4 is 29.4 Å². The standard InChI is InChI=1S/C21H25N3OS2/c25-20(16-4-6-17(7-5-16)21-26-13-14-27-21)23-18-8-11-24(12-9-18)15-19-3-1-2-10-22-19/h1-7,10,18,21H,8-9,11-15H2,(H,23,25). The highest BCUT2D eigenvalue weighted by atomic mass is 32.2. The number of hydrogen-bond acceptors (Lipinski definition) is 5. The van der Waals surface area contributed by atoms with E-state index in [4.69, 9.17) is 0 Å². The summed E-state index contributed by atoms with van der Waals surface area (Å²) in [5.41, 5.74) is 3.20. The van der Waals surface area contributed by atoms with Gasteiger partial charge >= 0.3 is 0 Å². The van der Waals surface area contributed by atoms with Gasteiger partial charge in [0.2, 0.25) is 0 Å². The molecule has 1 aromatic carbocycles. The summed E-state index contributed by atoms with van der Waals surface area (Å²) in [5.74, 6) is 2.49. The SMILES string of the molecule is O=C(NC1CCN(Cc2ccccn2)CC1)c1ccc(C2SCCS2)cc1. The average Bonchev–Trinajstić information content (AvgIpc) is 3.25. The molecule has 2 aromatic rings. The molecule has 0 atom stereocenters. The zero-order valence-corrected chi connectivity index (χ0v) is 17.0. The van der Waals surface area contributed by atoms with E-state index in [2.05, 4.69) is 33.4 Å². The number of aromatic nitrogens is 1. The fourth-order valence-electron chi connectivity index (χ4n) is 3.57. The Bertz CT molecular complexity index is 740. The normalized spacial score (nSPS) is 19.3. The predicted molar refractivity (Wildman–Crippen MR) is 114 cm³/mol. The molecule has 27 heavy (non-hydrogen) atoms. The van der Waals surface area contributed by atoms with Crippen LogP contribution in [0.4, 0.5) is 0 Å². The van der Waals surface area contributed by atoms with Gasteiger partial charge in [0.15, 0.2) is 0 Å². The first-order valence-corrected chi connectivity index (χ1v) is 11.6. The molecule has 0 unspecified atom stereocenters. The van der Waals surface area contributed by atoms with Gasteiger partial charge in [0.25, 0.3) is 5.91 Å². The molecule has 0 bridgehead atoms. The van der Waals surface area contributed by atoms with E-state index in [-0.39, 0.29) is 11.9 Å². The van der Waals surface area contributed by atoms with Crippen molar-refractivity contribution in [1.29, 1.82) is 0 Å². The molecule has 4 rings (SSSR count). The van der Waals surface area contributed by atoms with Gasteiger partial charge in [-0.25, -0.2) is 0 Å². The van der Waals surface area contributed by atoms with Crippen molar-refractivity contribution in [2.24, 2.45) is 0 Å². The third kappa shape index (κ3) is 5.06. The minimum Gasteiger partial charge on any atom is -0.349 e. The molecule has 2 aliphatic heterocycles. The minimum atomic E-state index is 0.0523. The maximum Gasteiger partial charge on any atom is 0.251 e. The van der Waals surface area contributed by atoms with Crippen LogP contribution in [0, 0.1) is 0 Å². The maximum absolute atomic E-state index is 12.6. The van der Waals surface area contributed by atoms with Crippen molar-refractivity contribution in [2.45, 2.75) is 30.0 Å². The van der Waals surface area contributed by atoms with Crippen molar-refractivity contribution in [2.75, 3.05) is 24.6 Å². The molecule has 4 nitrogen and oxygen atoms in total. The Morgan fingerprint density at radius 3 is 2.48 bits per heavy atom. The monoisotopic (exact) mass is 399 g/mol. The van der Waals surface area contributed by atoms with Crippen molar-refractivity contribution < 1.29 is 4.79 Å². The van der Waals surface area contributed by atoms with Crippen LogP contribution in [0.15, 0.2) is 48.7 Å². The number of carbonyl (C=O) groups excluding carboxylic acids is 1. The first-order valence-electron chi connectivity index (χ1n) is 9.54. The van der Waals surface area contributed by atoms with Gasteiger partial charge in [-0.05, 0) is 42.7 Å². The molecule has 142 valence electrons. The van der Waals surface area contributed by atoms with Gasteiger partial charge in [-0.3, -0.25) is 14.7 Å². The van der Waals surface area contributed by atoms with Crippen LogP contribution in [0.25, 0.3) is 0 Å². The van der Waals surface area contributed by atoms with Gasteiger partial charge in [0.05, 0.1) is 10.3 Å². The number of hydrogen-bond donors (Lipinski definition) is 1. The predicted octanol–water partition coefficient (Wildman–Crippen LogP) is 3.95. The van der Waals surface area contributed by atoms with Crippen LogP contribution in [0.5, 0.6) is 0 Å². The average molecular weight is 400 g/mol. The lowest BCUT2D eigenvalue weighted by atomic mass is 10.0. The van der Waals surface area contributed by atoms with E-state index in [1.165, 1.54) is 17.1 Å². The van der Waals surface area contributed by atoms with Gasteiger partial charge in [0.1, 0.15) is 0 Å². The van der Waals surface area contributed by atoms with Gasteiger partial charge in [-0.2, -0.15) is 0 Å². The van der Waals surface area contributed by atoms with Crippen LogP contribution in [-0.2, 0) is 6.54 Å². The highest BCUT2D eigenvalue weighted by Crippen LogP contribution is 2.45. The first-order chi connectivity index (χ1) is 13.3. The number of likely N-dealkylation sites (tertiary alicyclic amines) is 1. The second-order valence-corrected chi connectivity index (χ2v) is 9.76. The van der Waals surface area contributed by atoms with E-state index in [0.29, 0.717) is 4.58 Å². The molecule has 0 spiro atoms. The Morgan fingerprint density at radius 1 is 1.07 bits per heavy atom. The summed E-state index contributed by atoms with van der Waals surface area (Å²) < 4.78 is 0.533. The molecule has 1 amide bonds. The highest BCUT2D eigenvalue weighted by Gasteiger charge is 2.22. The molecule has 1 N–H and O–H groups in total. The van der Waals surface area contributed by atoms with Crippen molar-refractivity contribution in [3.63, 3.8) is 0 Å². The second-order valence-electron chi connectivity index (χ2n) is 7.04. The Balaban J connectivity index is 1.25. The molecule has 1 aromatic heterocycles. The molecule has 2 aliphatic rings. The van der Waals surface area contributed by atoms with Crippen LogP contribution in [0.3, 0.4) is 0 Å². The fourth-order valence-corrected chi connectivity index (χ4v) is 6.43. The van der Waals surface area contributed by atoms with Crippen LogP contribution >= 0.6 is 23.5 Å². The van der Waals surface area contributed by atoms with E-state index in [0.717, 1.165) is 43.7 Å². The lowest BCUT2D eigenvalue weighted by Crippen LogP contribution is -2.44. The zero-order valence-electron chi connectivity index (χ0n) is 15.3. The quantitative estimate of drug-likeness (QED) is 0.825.